The van der Waals surface area contributed by atoms with Gasteiger partial charge in [0.15, 0.2) is 0 Å². The third-order valence-electron chi connectivity index (χ3n) is 5.40. The van der Waals surface area contributed by atoms with E-state index in [-0.39, 0.29) is 18.4 Å². The highest BCUT2D eigenvalue weighted by Crippen LogP contribution is 2.31. The average Bonchev–Trinajstić information content (AvgIpc) is 3.60. The van der Waals surface area contributed by atoms with Crippen molar-refractivity contribution in [3.8, 4) is 11.8 Å². The van der Waals surface area contributed by atoms with Crippen molar-refractivity contribution in [3.05, 3.63) is 53.6 Å². The van der Waals surface area contributed by atoms with E-state index >= 15 is 0 Å². The van der Waals surface area contributed by atoms with Gasteiger partial charge < -0.3 is 19.4 Å². The lowest BCUT2D eigenvalue weighted by Gasteiger charge is -2.24. The number of nitrogens with zero attached hydrogens (tertiary/aromatic N) is 2. The van der Waals surface area contributed by atoms with Crippen molar-refractivity contribution >= 4 is 11.7 Å². The van der Waals surface area contributed by atoms with E-state index in [0.29, 0.717) is 30.4 Å². The van der Waals surface area contributed by atoms with Crippen molar-refractivity contribution in [2.45, 2.75) is 38.2 Å². The van der Waals surface area contributed by atoms with E-state index in [2.05, 4.69) is 18.2 Å². The molecule has 3 atom stereocenters. The molecule has 0 bridgehead atoms. The molecule has 0 aromatic heterocycles. The second-order valence-electron chi connectivity index (χ2n) is 7.91. The van der Waals surface area contributed by atoms with Crippen LogP contribution in [0.2, 0.25) is 0 Å². The molecule has 1 fully saturated rings. The summed E-state index contributed by atoms with van der Waals surface area (Å²) >= 11 is 0. The maximum absolute atomic E-state index is 10.9. The number of rotatable bonds is 11. The second-order valence-corrected chi connectivity index (χ2v) is 7.91. The van der Waals surface area contributed by atoms with Crippen LogP contribution in [0.15, 0.2) is 53.2 Å². The number of carboxylic acid groups (broad SMARTS) is 1. The van der Waals surface area contributed by atoms with Crippen LogP contribution in [0.3, 0.4) is 0 Å². The highest BCUT2D eigenvalue weighted by molar-refractivity contribution is 5.89. The number of oxime groups is 1. The number of hydrogen-bond acceptors (Lipinski definition) is 6. The summed E-state index contributed by atoms with van der Waals surface area (Å²) in [6.45, 7) is 3.01. The van der Waals surface area contributed by atoms with E-state index < -0.39 is 11.9 Å². The minimum absolute atomic E-state index is 0.0130. The summed E-state index contributed by atoms with van der Waals surface area (Å²) in [7, 11) is 1.56. The first-order chi connectivity index (χ1) is 15.0. The van der Waals surface area contributed by atoms with E-state index in [0.717, 1.165) is 24.1 Å². The highest BCUT2D eigenvalue weighted by Gasteiger charge is 2.29. The summed E-state index contributed by atoms with van der Waals surface area (Å²) in [5, 5.41) is 22.2. The van der Waals surface area contributed by atoms with Gasteiger partial charge in [0, 0.05) is 11.8 Å². The molecular formula is C24H28N2O5. The Labute approximate surface area is 182 Å². The van der Waals surface area contributed by atoms with Crippen molar-refractivity contribution in [1.82, 2.24) is 0 Å². The Balaban J connectivity index is 1.48. The zero-order valence-corrected chi connectivity index (χ0v) is 17.9. The standard InChI is InChI=1S/C24H28N2O5/c1-16-11-17(3-10-23(16)31-15-22(26-29-2)19-4-5-19)14-30-21-8-6-18(7-9-21)20(13-25)12-24(27)28/h3,6-11,16,19-20,23H,4-5,12,14-15H2,1-2H3,(H,27,28). The topological polar surface area (TPSA) is 101 Å². The van der Waals surface area contributed by atoms with Gasteiger partial charge in [-0.3, -0.25) is 4.79 Å². The first kappa shape index (κ1) is 22.6. The Morgan fingerprint density at radius 2 is 2.06 bits per heavy atom. The molecule has 7 heteroatoms. The monoisotopic (exact) mass is 424 g/mol. The molecule has 0 amide bonds. The predicted octanol–water partition coefficient (Wildman–Crippen LogP) is 4.08. The molecule has 0 spiro atoms. The van der Waals surface area contributed by atoms with Gasteiger partial charge in [-0.2, -0.15) is 5.26 Å². The quantitative estimate of drug-likeness (QED) is 0.424. The summed E-state index contributed by atoms with van der Waals surface area (Å²) in [5.74, 6) is -0.277. The van der Waals surface area contributed by atoms with Crippen molar-refractivity contribution in [1.29, 1.82) is 5.26 Å². The molecule has 3 unspecified atom stereocenters. The van der Waals surface area contributed by atoms with Crippen LogP contribution in [0.25, 0.3) is 0 Å². The largest absolute Gasteiger partial charge is 0.489 e. The summed E-state index contributed by atoms with van der Waals surface area (Å²) in [5.41, 5.74) is 2.71. The van der Waals surface area contributed by atoms with Crippen molar-refractivity contribution in [3.63, 3.8) is 0 Å². The van der Waals surface area contributed by atoms with Gasteiger partial charge in [0.1, 0.15) is 19.5 Å². The Morgan fingerprint density at radius 1 is 1.32 bits per heavy atom. The van der Waals surface area contributed by atoms with Crippen LogP contribution >= 0.6 is 0 Å². The van der Waals surface area contributed by atoms with Gasteiger partial charge in [-0.25, -0.2) is 0 Å². The van der Waals surface area contributed by atoms with Crippen LogP contribution in [0.5, 0.6) is 5.75 Å². The minimum Gasteiger partial charge on any atom is -0.489 e. The molecule has 2 aliphatic rings. The Kier molecular flexibility index (Phi) is 7.85. The normalized spacial score (nSPS) is 21.7. The molecular weight excluding hydrogens is 396 g/mol. The van der Waals surface area contributed by atoms with E-state index in [4.69, 9.17) is 24.7 Å². The fraction of sp³-hybridized carbons (Fsp3) is 0.458. The van der Waals surface area contributed by atoms with Crippen LogP contribution in [0.1, 0.15) is 37.7 Å². The van der Waals surface area contributed by atoms with Gasteiger partial charge in [0.05, 0.1) is 36.8 Å². The highest BCUT2D eigenvalue weighted by atomic mass is 16.6. The smallest absolute Gasteiger partial charge is 0.305 e. The van der Waals surface area contributed by atoms with Crippen molar-refractivity contribution < 1.29 is 24.2 Å². The maximum Gasteiger partial charge on any atom is 0.305 e. The average molecular weight is 424 g/mol. The van der Waals surface area contributed by atoms with Gasteiger partial charge in [-0.05, 0) is 36.1 Å². The van der Waals surface area contributed by atoms with Crippen molar-refractivity contribution in [2.24, 2.45) is 17.0 Å². The molecule has 164 valence electrons. The fourth-order valence-electron chi connectivity index (χ4n) is 3.50. The predicted molar refractivity (Wildman–Crippen MR) is 116 cm³/mol. The Morgan fingerprint density at radius 3 is 2.65 bits per heavy atom. The summed E-state index contributed by atoms with van der Waals surface area (Å²) in [4.78, 5) is 15.8. The fourth-order valence-corrected chi connectivity index (χ4v) is 3.50. The van der Waals surface area contributed by atoms with Crippen LogP contribution in [-0.2, 0) is 14.4 Å². The molecule has 0 saturated heterocycles. The lowest BCUT2D eigenvalue weighted by Crippen LogP contribution is -2.25. The van der Waals surface area contributed by atoms with Gasteiger partial charge in [-0.1, -0.05) is 42.4 Å². The molecule has 31 heavy (non-hydrogen) atoms. The molecule has 3 rings (SSSR count). The number of aliphatic carboxylic acids is 1. The Bertz CT molecular complexity index is 894. The van der Waals surface area contributed by atoms with Crippen LogP contribution in [0.4, 0.5) is 0 Å². The summed E-state index contributed by atoms with van der Waals surface area (Å²) in [6, 6.07) is 9.03. The lowest BCUT2D eigenvalue weighted by atomic mass is 9.95. The number of carbonyl (C=O) groups is 1. The van der Waals surface area contributed by atoms with Gasteiger partial charge in [0.25, 0.3) is 0 Å². The molecule has 0 radical (unpaired) electrons. The molecule has 0 heterocycles. The van der Waals surface area contributed by atoms with E-state index in [1.165, 1.54) is 0 Å². The SMILES string of the molecule is CON=C(COC1C=CC(COc2ccc(C(C#N)CC(=O)O)cc2)=CC1C)C1CC1. The molecule has 1 aromatic rings. The number of benzene rings is 1. The summed E-state index contributed by atoms with van der Waals surface area (Å²) in [6.07, 6.45) is 8.29. The molecule has 7 nitrogen and oxygen atoms in total. The zero-order valence-electron chi connectivity index (χ0n) is 17.9. The van der Waals surface area contributed by atoms with E-state index in [9.17, 15) is 4.79 Å². The molecule has 2 aliphatic carbocycles. The molecule has 1 saturated carbocycles. The van der Waals surface area contributed by atoms with Gasteiger partial charge >= 0.3 is 5.97 Å². The first-order valence-corrected chi connectivity index (χ1v) is 10.4. The van der Waals surface area contributed by atoms with Crippen LogP contribution in [-0.4, -0.2) is 43.2 Å². The van der Waals surface area contributed by atoms with Crippen LogP contribution < -0.4 is 4.74 Å². The van der Waals surface area contributed by atoms with Crippen LogP contribution in [0, 0.1) is 23.2 Å². The zero-order chi connectivity index (χ0) is 22.2. The number of nitriles is 1. The molecule has 1 N–H and O–H groups in total. The summed E-state index contributed by atoms with van der Waals surface area (Å²) < 4.78 is 11.9. The van der Waals surface area contributed by atoms with E-state index in [1.54, 1.807) is 31.4 Å². The minimum atomic E-state index is -0.992. The maximum atomic E-state index is 10.9. The van der Waals surface area contributed by atoms with Gasteiger partial charge in [0.2, 0.25) is 0 Å². The molecule has 1 aromatic carbocycles. The third-order valence-corrected chi connectivity index (χ3v) is 5.40. The van der Waals surface area contributed by atoms with Gasteiger partial charge in [-0.15, -0.1) is 0 Å². The number of ether oxygens (including phenoxy) is 2. The van der Waals surface area contributed by atoms with E-state index in [1.807, 2.05) is 18.2 Å². The number of carboxylic acids is 1. The number of hydrogen-bond donors (Lipinski definition) is 1. The third kappa shape index (κ3) is 6.69. The Hall–Kier alpha value is -3.11. The second kappa shape index (κ2) is 10.8. The van der Waals surface area contributed by atoms with Crippen molar-refractivity contribution in [2.75, 3.05) is 20.3 Å². The first-order valence-electron chi connectivity index (χ1n) is 10.4. The lowest BCUT2D eigenvalue weighted by molar-refractivity contribution is -0.137. The molecule has 0 aliphatic heterocycles.